The van der Waals surface area contributed by atoms with Crippen LogP contribution in [0.5, 0.6) is 0 Å². The summed E-state index contributed by atoms with van der Waals surface area (Å²) >= 11 is 0. The van der Waals surface area contributed by atoms with Crippen molar-refractivity contribution < 1.29 is 5.21 Å². The summed E-state index contributed by atoms with van der Waals surface area (Å²) in [6, 6.07) is 0. The predicted molar refractivity (Wildman–Crippen MR) is 43.5 cm³/mol. The molecule has 0 bridgehead atoms. The van der Waals surface area contributed by atoms with Crippen LogP contribution in [-0.2, 0) is 0 Å². The van der Waals surface area contributed by atoms with Crippen molar-refractivity contribution in [1.82, 2.24) is 0 Å². The third kappa shape index (κ3) is 1.59. The Hall–Kier alpha value is -0.790. The lowest BCUT2D eigenvalue weighted by Crippen LogP contribution is -2.22. The molecule has 0 aromatic carbocycles. The van der Waals surface area contributed by atoms with Crippen molar-refractivity contribution in [3.63, 3.8) is 0 Å². The fourth-order valence-corrected chi connectivity index (χ4v) is 0.434. The van der Waals surface area contributed by atoms with Crippen LogP contribution in [0.1, 0.15) is 27.7 Å². The monoisotopic (exact) mass is 141 g/mol. The molecule has 0 radical (unpaired) electrons. The first kappa shape index (κ1) is 9.21. The number of rotatable bonds is 2. The molecule has 0 atom stereocenters. The molecular formula is C8H15NO. The Morgan fingerprint density at radius 3 is 1.90 bits per heavy atom. The Balaban J connectivity index is 4.56. The average Bonchev–Trinajstić information content (AvgIpc) is 1.86. The van der Waals surface area contributed by atoms with Gasteiger partial charge in [0.05, 0.1) is 5.71 Å². The molecule has 0 aliphatic heterocycles. The first-order chi connectivity index (χ1) is 4.42. The average molecular weight is 141 g/mol. The van der Waals surface area contributed by atoms with Crippen molar-refractivity contribution in [3.8, 4) is 0 Å². The molecule has 0 aliphatic rings. The van der Waals surface area contributed by atoms with Crippen molar-refractivity contribution in [1.29, 1.82) is 0 Å². The van der Waals surface area contributed by atoms with E-state index >= 15 is 0 Å². The molecule has 2 heteroatoms. The quantitative estimate of drug-likeness (QED) is 0.272. The second-order valence-electron chi connectivity index (χ2n) is 3.09. The van der Waals surface area contributed by atoms with Gasteiger partial charge in [0, 0.05) is 5.41 Å². The van der Waals surface area contributed by atoms with Crippen molar-refractivity contribution in [2.24, 2.45) is 10.6 Å². The molecule has 0 spiro atoms. The summed E-state index contributed by atoms with van der Waals surface area (Å²) in [6.45, 7) is 11.5. The summed E-state index contributed by atoms with van der Waals surface area (Å²) in [5, 5.41) is 11.6. The maximum Gasteiger partial charge on any atom is 0.0636 e. The number of hydrogen-bond acceptors (Lipinski definition) is 2. The van der Waals surface area contributed by atoms with Crippen molar-refractivity contribution >= 4 is 5.71 Å². The first-order valence-corrected chi connectivity index (χ1v) is 3.28. The first-order valence-electron chi connectivity index (χ1n) is 3.28. The van der Waals surface area contributed by atoms with Gasteiger partial charge < -0.3 is 5.21 Å². The fraction of sp³-hybridized carbons (Fsp3) is 0.625. The second kappa shape index (κ2) is 2.86. The highest BCUT2D eigenvalue weighted by atomic mass is 16.4. The molecule has 0 aromatic heterocycles. The molecule has 0 unspecified atom stereocenters. The summed E-state index contributed by atoms with van der Waals surface area (Å²) in [5.74, 6) is 0. The number of allylic oxidation sites excluding steroid dienone is 1. The standard InChI is InChI=1S/C8H15NO/c1-6(2)8(4,5)7(3)9-10/h10H,1H2,2-5H3. The Labute approximate surface area is 62.2 Å². The fourth-order valence-electron chi connectivity index (χ4n) is 0.434. The van der Waals surface area contributed by atoms with Gasteiger partial charge in [-0.05, 0) is 13.8 Å². The van der Waals surface area contributed by atoms with E-state index in [0.29, 0.717) is 5.71 Å². The molecular weight excluding hydrogens is 126 g/mol. The van der Waals surface area contributed by atoms with E-state index in [4.69, 9.17) is 5.21 Å². The Bertz CT molecular complexity index is 168. The largest absolute Gasteiger partial charge is 0.411 e. The SMILES string of the molecule is C=C(C)C(C)(C)C(C)=NO. The van der Waals surface area contributed by atoms with Gasteiger partial charge in [-0.1, -0.05) is 31.2 Å². The lowest BCUT2D eigenvalue weighted by molar-refractivity contribution is 0.312. The minimum Gasteiger partial charge on any atom is -0.411 e. The smallest absolute Gasteiger partial charge is 0.0636 e. The minimum absolute atomic E-state index is 0.186. The summed E-state index contributed by atoms with van der Waals surface area (Å²) in [7, 11) is 0. The van der Waals surface area contributed by atoms with E-state index in [0.717, 1.165) is 5.57 Å². The molecule has 58 valence electrons. The van der Waals surface area contributed by atoms with E-state index in [1.54, 1.807) is 6.92 Å². The Morgan fingerprint density at radius 2 is 1.80 bits per heavy atom. The normalized spacial score (nSPS) is 13.4. The molecule has 10 heavy (non-hydrogen) atoms. The zero-order valence-corrected chi connectivity index (χ0v) is 7.10. The summed E-state index contributed by atoms with van der Waals surface area (Å²) in [5.41, 5.74) is 1.51. The van der Waals surface area contributed by atoms with Gasteiger partial charge in [0.25, 0.3) is 0 Å². The molecule has 2 nitrogen and oxygen atoms in total. The minimum atomic E-state index is -0.186. The highest BCUT2D eigenvalue weighted by molar-refractivity contribution is 5.89. The van der Waals surface area contributed by atoms with Crippen LogP contribution in [0.4, 0.5) is 0 Å². The zero-order chi connectivity index (χ0) is 8.36. The molecule has 0 aromatic rings. The lowest BCUT2D eigenvalue weighted by atomic mass is 9.82. The van der Waals surface area contributed by atoms with Gasteiger partial charge in [0.1, 0.15) is 0 Å². The summed E-state index contributed by atoms with van der Waals surface area (Å²) < 4.78 is 0. The van der Waals surface area contributed by atoms with Crippen LogP contribution < -0.4 is 0 Å². The van der Waals surface area contributed by atoms with E-state index in [-0.39, 0.29) is 5.41 Å². The zero-order valence-electron chi connectivity index (χ0n) is 7.10. The second-order valence-corrected chi connectivity index (χ2v) is 3.09. The highest BCUT2D eigenvalue weighted by Gasteiger charge is 2.22. The van der Waals surface area contributed by atoms with Gasteiger partial charge in [0.2, 0.25) is 0 Å². The highest BCUT2D eigenvalue weighted by Crippen LogP contribution is 2.25. The molecule has 0 saturated carbocycles. The molecule has 1 N–H and O–H groups in total. The number of hydrogen-bond donors (Lipinski definition) is 1. The van der Waals surface area contributed by atoms with Gasteiger partial charge >= 0.3 is 0 Å². The molecule has 0 amide bonds. The third-order valence-corrected chi connectivity index (χ3v) is 2.12. The van der Waals surface area contributed by atoms with Crippen LogP contribution in [0.15, 0.2) is 17.3 Å². The maximum absolute atomic E-state index is 8.47. The number of nitrogens with zero attached hydrogens (tertiary/aromatic N) is 1. The topological polar surface area (TPSA) is 32.6 Å². The van der Waals surface area contributed by atoms with Gasteiger partial charge in [0.15, 0.2) is 0 Å². The predicted octanol–water partition coefficient (Wildman–Crippen LogP) is 2.44. The van der Waals surface area contributed by atoms with Crippen LogP contribution in [0.2, 0.25) is 0 Å². The van der Waals surface area contributed by atoms with Crippen LogP contribution >= 0.6 is 0 Å². The molecule has 0 fully saturated rings. The van der Waals surface area contributed by atoms with Crippen LogP contribution in [0.3, 0.4) is 0 Å². The van der Waals surface area contributed by atoms with E-state index in [1.807, 2.05) is 20.8 Å². The number of oxime groups is 1. The van der Waals surface area contributed by atoms with Crippen LogP contribution in [-0.4, -0.2) is 10.9 Å². The van der Waals surface area contributed by atoms with Gasteiger partial charge in [-0.2, -0.15) is 0 Å². The van der Waals surface area contributed by atoms with Crippen molar-refractivity contribution in [2.45, 2.75) is 27.7 Å². The van der Waals surface area contributed by atoms with E-state index in [2.05, 4.69) is 11.7 Å². The van der Waals surface area contributed by atoms with E-state index in [9.17, 15) is 0 Å². The van der Waals surface area contributed by atoms with E-state index < -0.39 is 0 Å². The van der Waals surface area contributed by atoms with E-state index in [1.165, 1.54) is 0 Å². The molecule has 0 rings (SSSR count). The summed E-state index contributed by atoms with van der Waals surface area (Å²) in [6.07, 6.45) is 0. The third-order valence-electron chi connectivity index (χ3n) is 2.12. The Kier molecular flexibility index (Phi) is 2.64. The molecule has 0 aliphatic carbocycles. The lowest BCUT2D eigenvalue weighted by Gasteiger charge is -2.23. The summed E-state index contributed by atoms with van der Waals surface area (Å²) in [4.78, 5) is 0. The maximum atomic E-state index is 8.47. The van der Waals surface area contributed by atoms with Gasteiger partial charge in [-0.15, -0.1) is 0 Å². The Morgan fingerprint density at radius 1 is 1.40 bits per heavy atom. The van der Waals surface area contributed by atoms with Crippen LogP contribution in [0, 0.1) is 5.41 Å². The van der Waals surface area contributed by atoms with Crippen molar-refractivity contribution in [3.05, 3.63) is 12.2 Å². The molecule has 0 saturated heterocycles. The molecule has 0 heterocycles. The van der Waals surface area contributed by atoms with Gasteiger partial charge in [-0.3, -0.25) is 0 Å². The van der Waals surface area contributed by atoms with Gasteiger partial charge in [-0.25, -0.2) is 0 Å². The van der Waals surface area contributed by atoms with Crippen molar-refractivity contribution in [2.75, 3.05) is 0 Å². The van der Waals surface area contributed by atoms with Crippen LogP contribution in [0.25, 0.3) is 0 Å².